The summed E-state index contributed by atoms with van der Waals surface area (Å²) in [7, 11) is 0. The molecule has 17 heavy (non-hydrogen) atoms. The van der Waals surface area contributed by atoms with Gasteiger partial charge in [-0.15, -0.1) is 6.58 Å². The van der Waals surface area contributed by atoms with Gasteiger partial charge < -0.3 is 9.84 Å². The fourth-order valence-corrected chi connectivity index (χ4v) is 1.49. The third kappa shape index (κ3) is 4.41. The van der Waals surface area contributed by atoms with Gasteiger partial charge in [-0.1, -0.05) is 43.3 Å². The standard InChI is InChI=1S/C14H18O3/c1-3-13(11(2)14(15)16)10-17-9-12-7-5-4-6-8-12/h3-8,11,13H,1,9-10H2,2H3,(H,15,16)/t11-,13+/m1/s1. The molecule has 0 aliphatic rings. The number of carbonyl (C=O) groups is 1. The number of rotatable bonds is 7. The predicted molar refractivity (Wildman–Crippen MR) is 66.6 cm³/mol. The molecule has 0 saturated heterocycles. The first-order chi connectivity index (χ1) is 8.15. The van der Waals surface area contributed by atoms with Gasteiger partial charge in [0.05, 0.1) is 19.1 Å². The van der Waals surface area contributed by atoms with Crippen LogP contribution in [0.25, 0.3) is 0 Å². The minimum Gasteiger partial charge on any atom is -0.481 e. The van der Waals surface area contributed by atoms with Crippen molar-refractivity contribution >= 4 is 5.97 Å². The Morgan fingerprint density at radius 3 is 2.65 bits per heavy atom. The summed E-state index contributed by atoms with van der Waals surface area (Å²) in [5.74, 6) is -1.45. The van der Waals surface area contributed by atoms with Gasteiger partial charge in [0.25, 0.3) is 0 Å². The first kappa shape index (κ1) is 13.5. The minimum atomic E-state index is -0.821. The molecule has 0 aliphatic carbocycles. The molecule has 0 spiro atoms. The lowest BCUT2D eigenvalue weighted by molar-refractivity contribution is -0.143. The predicted octanol–water partition coefficient (Wildman–Crippen LogP) is 2.73. The summed E-state index contributed by atoms with van der Waals surface area (Å²) in [5, 5.41) is 8.90. The van der Waals surface area contributed by atoms with Crippen LogP contribution in [-0.2, 0) is 16.1 Å². The van der Waals surface area contributed by atoms with Gasteiger partial charge in [-0.05, 0) is 5.56 Å². The van der Waals surface area contributed by atoms with Crippen LogP contribution in [0, 0.1) is 11.8 Å². The fraction of sp³-hybridized carbons (Fsp3) is 0.357. The van der Waals surface area contributed by atoms with Crippen molar-refractivity contribution in [1.29, 1.82) is 0 Å². The molecule has 2 atom stereocenters. The maximum absolute atomic E-state index is 10.8. The summed E-state index contributed by atoms with van der Waals surface area (Å²) < 4.78 is 5.51. The highest BCUT2D eigenvalue weighted by atomic mass is 16.5. The largest absolute Gasteiger partial charge is 0.481 e. The molecule has 1 N–H and O–H groups in total. The highest BCUT2D eigenvalue weighted by Gasteiger charge is 2.20. The van der Waals surface area contributed by atoms with Gasteiger partial charge in [-0.2, -0.15) is 0 Å². The zero-order valence-electron chi connectivity index (χ0n) is 10.0. The summed E-state index contributed by atoms with van der Waals surface area (Å²) in [6.07, 6.45) is 1.64. The van der Waals surface area contributed by atoms with E-state index in [1.165, 1.54) is 0 Å². The molecule has 0 heterocycles. The van der Waals surface area contributed by atoms with Gasteiger partial charge in [0.15, 0.2) is 0 Å². The average Bonchev–Trinajstić information content (AvgIpc) is 2.35. The number of hydrogen-bond acceptors (Lipinski definition) is 2. The monoisotopic (exact) mass is 234 g/mol. The maximum Gasteiger partial charge on any atom is 0.306 e. The highest BCUT2D eigenvalue weighted by Crippen LogP contribution is 2.14. The van der Waals surface area contributed by atoms with Crippen molar-refractivity contribution in [3.05, 3.63) is 48.6 Å². The molecule has 1 rings (SSSR count). The lowest BCUT2D eigenvalue weighted by Crippen LogP contribution is -2.23. The van der Waals surface area contributed by atoms with Crippen molar-refractivity contribution in [3.63, 3.8) is 0 Å². The van der Waals surface area contributed by atoms with E-state index in [1.807, 2.05) is 30.3 Å². The molecule has 0 unspecified atom stereocenters. The summed E-state index contributed by atoms with van der Waals surface area (Å²) in [6, 6.07) is 9.79. The number of ether oxygens (including phenoxy) is 1. The Balaban J connectivity index is 2.39. The first-order valence-corrected chi connectivity index (χ1v) is 5.62. The SMILES string of the molecule is C=C[C@@H](COCc1ccccc1)[C@@H](C)C(=O)O. The number of benzene rings is 1. The summed E-state index contributed by atoms with van der Waals surface area (Å²) >= 11 is 0. The molecule has 0 aliphatic heterocycles. The Morgan fingerprint density at radius 1 is 1.47 bits per heavy atom. The van der Waals surface area contributed by atoms with Crippen LogP contribution in [0.3, 0.4) is 0 Å². The van der Waals surface area contributed by atoms with Crippen LogP contribution in [0.2, 0.25) is 0 Å². The van der Waals surface area contributed by atoms with E-state index in [9.17, 15) is 4.79 Å². The first-order valence-electron chi connectivity index (χ1n) is 5.62. The van der Waals surface area contributed by atoms with Crippen molar-refractivity contribution in [1.82, 2.24) is 0 Å². The van der Waals surface area contributed by atoms with E-state index >= 15 is 0 Å². The van der Waals surface area contributed by atoms with Crippen LogP contribution in [0.1, 0.15) is 12.5 Å². The molecule has 0 saturated carbocycles. The molecule has 3 heteroatoms. The molecule has 1 aromatic rings. The van der Waals surface area contributed by atoms with E-state index < -0.39 is 11.9 Å². The molecule has 92 valence electrons. The molecule has 0 amide bonds. The Hall–Kier alpha value is -1.61. The molecular formula is C14H18O3. The van der Waals surface area contributed by atoms with Crippen LogP contribution in [0.5, 0.6) is 0 Å². The molecule has 0 aromatic heterocycles. The zero-order valence-corrected chi connectivity index (χ0v) is 10.0. The van der Waals surface area contributed by atoms with E-state index in [4.69, 9.17) is 9.84 Å². The second-order valence-corrected chi connectivity index (χ2v) is 4.03. The van der Waals surface area contributed by atoms with E-state index in [0.29, 0.717) is 13.2 Å². The molecule has 0 fully saturated rings. The van der Waals surface area contributed by atoms with Gasteiger partial charge in [0, 0.05) is 5.92 Å². The summed E-state index contributed by atoms with van der Waals surface area (Å²) in [5.41, 5.74) is 1.08. The number of aliphatic carboxylic acids is 1. The molecule has 0 bridgehead atoms. The van der Waals surface area contributed by atoms with Crippen molar-refractivity contribution in [3.8, 4) is 0 Å². The third-order valence-corrected chi connectivity index (χ3v) is 2.76. The quantitative estimate of drug-likeness (QED) is 0.738. The van der Waals surface area contributed by atoms with Crippen LogP contribution in [0.4, 0.5) is 0 Å². The normalized spacial score (nSPS) is 13.9. The van der Waals surface area contributed by atoms with Crippen LogP contribution < -0.4 is 0 Å². The Kier molecular flexibility index (Phi) is 5.43. The molecule has 1 aromatic carbocycles. The van der Waals surface area contributed by atoms with Crippen LogP contribution >= 0.6 is 0 Å². The number of carboxylic acids is 1. The Morgan fingerprint density at radius 2 is 2.12 bits per heavy atom. The van der Waals surface area contributed by atoms with Crippen molar-refractivity contribution in [2.45, 2.75) is 13.5 Å². The minimum absolute atomic E-state index is 0.156. The topological polar surface area (TPSA) is 46.5 Å². The second-order valence-electron chi connectivity index (χ2n) is 4.03. The van der Waals surface area contributed by atoms with E-state index in [0.717, 1.165) is 5.56 Å². The summed E-state index contributed by atoms with van der Waals surface area (Å²) in [4.78, 5) is 10.8. The Labute approximate surface area is 102 Å². The van der Waals surface area contributed by atoms with Gasteiger partial charge in [-0.3, -0.25) is 4.79 Å². The third-order valence-electron chi connectivity index (χ3n) is 2.76. The van der Waals surface area contributed by atoms with Gasteiger partial charge in [-0.25, -0.2) is 0 Å². The second kappa shape index (κ2) is 6.86. The number of hydrogen-bond donors (Lipinski definition) is 1. The lowest BCUT2D eigenvalue weighted by atomic mass is 9.95. The number of carboxylic acid groups (broad SMARTS) is 1. The molecule has 0 radical (unpaired) electrons. The van der Waals surface area contributed by atoms with Gasteiger partial charge in [0.2, 0.25) is 0 Å². The highest BCUT2D eigenvalue weighted by molar-refractivity contribution is 5.70. The van der Waals surface area contributed by atoms with E-state index in [1.54, 1.807) is 13.0 Å². The van der Waals surface area contributed by atoms with Gasteiger partial charge in [0.1, 0.15) is 0 Å². The maximum atomic E-state index is 10.8. The lowest BCUT2D eigenvalue weighted by Gasteiger charge is -2.16. The van der Waals surface area contributed by atoms with Gasteiger partial charge >= 0.3 is 5.97 Å². The zero-order chi connectivity index (χ0) is 12.7. The molecular weight excluding hydrogens is 216 g/mol. The van der Waals surface area contributed by atoms with E-state index in [-0.39, 0.29) is 5.92 Å². The summed E-state index contributed by atoms with van der Waals surface area (Å²) in [6.45, 7) is 6.19. The molecule has 3 nitrogen and oxygen atoms in total. The average molecular weight is 234 g/mol. The smallest absolute Gasteiger partial charge is 0.306 e. The van der Waals surface area contributed by atoms with E-state index in [2.05, 4.69) is 6.58 Å². The van der Waals surface area contributed by atoms with Crippen molar-refractivity contribution in [2.75, 3.05) is 6.61 Å². The fourth-order valence-electron chi connectivity index (χ4n) is 1.49. The van der Waals surface area contributed by atoms with Crippen LogP contribution in [0.15, 0.2) is 43.0 Å². The van der Waals surface area contributed by atoms with Crippen LogP contribution in [-0.4, -0.2) is 17.7 Å². The van der Waals surface area contributed by atoms with Crippen molar-refractivity contribution in [2.24, 2.45) is 11.8 Å². The Bertz CT molecular complexity index is 359. The van der Waals surface area contributed by atoms with Crippen molar-refractivity contribution < 1.29 is 14.6 Å².